The van der Waals surface area contributed by atoms with Crippen LogP contribution in [0.15, 0.2) is 0 Å². The van der Waals surface area contributed by atoms with Gasteiger partial charge < -0.3 is 25.6 Å². The summed E-state index contributed by atoms with van der Waals surface area (Å²) in [4.78, 5) is 12.5. The molecule has 0 aromatic rings. The lowest BCUT2D eigenvalue weighted by molar-refractivity contribution is -0.171. The third kappa shape index (κ3) is 2.95. The molecule has 0 radical (unpaired) electrons. The van der Waals surface area contributed by atoms with E-state index in [0.717, 1.165) is 0 Å². The van der Waals surface area contributed by atoms with Crippen molar-refractivity contribution in [3.8, 4) is 0 Å². The van der Waals surface area contributed by atoms with E-state index in [9.17, 15) is 9.90 Å². The largest absolute Gasteiger partial charge is 0.388 e. The average Bonchev–Trinajstić information content (AvgIpc) is 2.45. The predicted molar refractivity (Wildman–Crippen MR) is 78.7 cm³/mol. The van der Waals surface area contributed by atoms with Gasteiger partial charge in [-0.1, -0.05) is 13.8 Å². The lowest BCUT2D eigenvalue weighted by atomic mass is 9.54. The van der Waals surface area contributed by atoms with Crippen LogP contribution in [0.25, 0.3) is 0 Å². The molecule has 2 rings (SSSR count). The van der Waals surface area contributed by atoms with Gasteiger partial charge in [0.15, 0.2) is 0 Å². The molecule has 2 unspecified atom stereocenters. The van der Waals surface area contributed by atoms with Gasteiger partial charge in [-0.3, -0.25) is 4.79 Å². The average molecular weight is 300 g/mol. The molecule has 4 N–H and O–H groups in total. The van der Waals surface area contributed by atoms with E-state index < -0.39 is 16.6 Å². The number of hydrogen-bond donors (Lipinski definition) is 3. The van der Waals surface area contributed by atoms with Crippen molar-refractivity contribution in [2.75, 3.05) is 26.4 Å². The number of ether oxygens (including phenoxy) is 2. The molecule has 2 fully saturated rings. The van der Waals surface area contributed by atoms with Gasteiger partial charge in [0.1, 0.15) is 5.54 Å². The minimum Gasteiger partial charge on any atom is -0.388 e. The molecule has 1 aliphatic carbocycles. The van der Waals surface area contributed by atoms with Crippen LogP contribution < -0.4 is 11.1 Å². The van der Waals surface area contributed by atoms with Crippen molar-refractivity contribution in [3.63, 3.8) is 0 Å². The van der Waals surface area contributed by atoms with Gasteiger partial charge >= 0.3 is 0 Å². The molecule has 21 heavy (non-hydrogen) atoms. The van der Waals surface area contributed by atoms with E-state index in [1.165, 1.54) is 0 Å². The fourth-order valence-electron chi connectivity index (χ4n) is 3.15. The molecule has 122 valence electrons. The number of nitrogens with one attached hydrogen (secondary N) is 1. The first-order valence-corrected chi connectivity index (χ1v) is 7.74. The third-order valence-electron chi connectivity index (χ3n) is 5.24. The third-order valence-corrected chi connectivity index (χ3v) is 5.24. The maximum absolute atomic E-state index is 12.5. The van der Waals surface area contributed by atoms with Crippen molar-refractivity contribution in [2.24, 2.45) is 11.1 Å². The highest BCUT2D eigenvalue weighted by atomic mass is 16.5. The summed E-state index contributed by atoms with van der Waals surface area (Å²) >= 11 is 0. The number of rotatable bonds is 5. The quantitative estimate of drug-likeness (QED) is 0.673. The number of carbonyl (C=O) groups is 1. The minimum absolute atomic E-state index is 0.00409. The number of amides is 1. The SMILES string of the molecule is CCOC1CC(N)(C(=O)NCC2(O)CCOCC2)C1(C)C. The van der Waals surface area contributed by atoms with Crippen molar-refractivity contribution < 1.29 is 19.4 Å². The number of aliphatic hydroxyl groups is 1. The Morgan fingerprint density at radius 2 is 2.05 bits per heavy atom. The summed E-state index contributed by atoms with van der Waals surface area (Å²) < 4.78 is 10.9. The van der Waals surface area contributed by atoms with Crippen molar-refractivity contribution in [3.05, 3.63) is 0 Å². The maximum atomic E-state index is 12.5. The van der Waals surface area contributed by atoms with Crippen LogP contribution in [0.5, 0.6) is 0 Å². The Labute approximate surface area is 126 Å². The molecular weight excluding hydrogens is 272 g/mol. The Morgan fingerprint density at radius 3 is 2.57 bits per heavy atom. The molecule has 1 aliphatic heterocycles. The molecule has 1 heterocycles. The van der Waals surface area contributed by atoms with Crippen LogP contribution >= 0.6 is 0 Å². The van der Waals surface area contributed by atoms with Crippen molar-refractivity contribution in [2.45, 2.75) is 57.3 Å². The Hall–Kier alpha value is -0.690. The standard InChI is InChI=1S/C15H28N2O4/c1-4-21-11-9-15(16,13(11,2)3)12(18)17-10-14(19)5-7-20-8-6-14/h11,19H,4-10,16H2,1-3H3,(H,17,18). The Morgan fingerprint density at radius 1 is 1.43 bits per heavy atom. The van der Waals surface area contributed by atoms with Crippen LogP contribution in [0.2, 0.25) is 0 Å². The topological polar surface area (TPSA) is 93.8 Å². The van der Waals surface area contributed by atoms with E-state index in [4.69, 9.17) is 15.2 Å². The predicted octanol–water partition coefficient (Wildman–Crippen LogP) is 0.177. The van der Waals surface area contributed by atoms with Crippen molar-refractivity contribution >= 4 is 5.91 Å². The second kappa shape index (κ2) is 5.83. The van der Waals surface area contributed by atoms with E-state index in [0.29, 0.717) is 39.1 Å². The van der Waals surface area contributed by atoms with E-state index in [2.05, 4.69) is 5.32 Å². The highest BCUT2D eigenvalue weighted by Crippen LogP contribution is 2.49. The smallest absolute Gasteiger partial charge is 0.240 e. The van der Waals surface area contributed by atoms with E-state index in [1.54, 1.807) is 0 Å². The summed E-state index contributed by atoms with van der Waals surface area (Å²) in [5, 5.41) is 13.2. The van der Waals surface area contributed by atoms with Gasteiger partial charge in [-0.25, -0.2) is 0 Å². The Kier molecular flexibility index (Phi) is 4.63. The summed E-state index contributed by atoms with van der Waals surface area (Å²) in [5.74, 6) is -0.205. The molecule has 0 aromatic carbocycles. The number of carbonyl (C=O) groups excluding carboxylic acids is 1. The molecule has 0 bridgehead atoms. The molecular formula is C15H28N2O4. The Balaban J connectivity index is 1.91. The Bertz CT molecular complexity index is 393. The lowest BCUT2D eigenvalue weighted by Crippen LogP contribution is -2.76. The fraction of sp³-hybridized carbons (Fsp3) is 0.933. The van der Waals surface area contributed by atoms with Crippen LogP contribution in [-0.2, 0) is 14.3 Å². The van der Waals surface area contributed by atoms with Gasteiger partial charge in [0.25, 0.3) is 0 Å². The second-order valence-electron chi connectivity index (χ2n) is 6.86. The van der Waals surface area contributed by atoms with Crippen molar-refractivity contribution in [1.82, 2.24) is 5.32 Å². The van der Waals surface area contributed by atoms with Crippen LogP contribution in [-0.4, -0.2) is 54.6 Å². The van der Waals surface area contributed by atoms with Gasteiger partial charge in [0, 0.05) is 51.0 Å². The highest BCUT2D eigenvalue weighted by Gasteiger charge is 2.62. The molecule has 0 aromatic heterocycles. The van der Waals surface area contributed by atoms with Crippen LogP contribution in [0.1, 0.15) is 40.0 Å². The zero-order valence-electron chi connectivity index (χ0n) is 13.3. The highest BCUT2D eigenvalue weighted by molar-refractivity contribution is 5.88. The zero-order chi connectivity index (χ0) is 15.7. The first-order chi connectivity index (χ1) is 9.75. The molecule has 1 amide bonds. The maximum Gasteiger partial charge on any atom is 0.240 e. The number of hydrogen-bond acceptors (Lipinski definition) is 5. The lowest BCUT2D eigenvalue weighted by Gasteiger charge is -2.57. The van der Waals surface area contributed by atoms with E-state index >= 15 is 0 Å². The van der Waals surface area contributed by atoms with Gasteiger partial charge in [-0.2, -0.15) is 0 Å². The molecule has 0 spiro atoms. The summed E-state index contributed by atoms with van der Waals surface area (Å²) in [7, 11) is 0. The van der Waals surface area contributed by atoms with Crippen LogP contribution in [0.4, 0.5) is 0 Å². The van der Waals surface area contributed by atoms with Gasteiger partial charge in [0.05, 0.1) is 11.7 Å². The first-order valence-electron chi connectivity index (χ1n) is 7.74. The molecule has 6 heteroatoms. The molecule has 1 saturated heterocycles. The summed E-state index contributed by atoms with van der Waals surface area (Å²) in [6, 6.07) is 0. The van der Waals surface area contributed by atoms with Gasteiger partial charge in [-0.05, 0) is 6.92 Å². The number of nitrogens with two attached hydrogens (primary N) is 1. The summed E-state index contributed by atoms with van der Waals surface area (Å²) in [6.45, 7) is 7.75. The van der Waals surface area contributed by atoms with E-state index in [1.807, 2.05) is 20.8 Å². The molecule has 1 saturated carbocycles. The monoisotopic (exact) mass is 300 g/mol. The minimum atomic E-state index is -0.936. The molecule has 6 nitrogen and oxygen atoms in total. The summed E-state index contributed by atoms with van der Waals surface area (Å²) in [5.41, 5.74) is 4.08. The van der Waals surface area contributed by atoms with Crippen LogP contribution in [0, 0.1) is 5.41 Å². The van der Waals surface area contributed by atoms with E-state index in [-0.39, 0.29) is 18.6 Å². The van der Waals surface area contributed by atoms with Gasteiger partial charge in [-0.15, -0.1) is 0 Å². The fourth-order valence-corrected chi connectivity index (χ4v) is 3.15. The van der Waals surface area contributed by atoms with Crippen molar-refractivity contribution in [1.29, 1.82) is 0 Å². The molecule has 2 atom stereocenters. The first kappa shape index (κ1) is 16.7. The normalized spacial score (nSPS) is 34.0. The second-order valence-corrected chi connectivity index (χ2v) is 6.86. The van der Waals surface area contributed by atoms with Gasteiger partial charge in [0.2, 0.25) is 5.91 Å². The van der Waals surface area contributed by atoms with Crippen LogP contribution in [0.3, 0.4) is 0 Å². The molecule has 2 aliphatic rings. The summed E-state index contributed by atoms with van der Waals surface area (Å²) in [6.07, 6.45) is 1.59. The zero-order valence-corrected chi connectivity index (χ0v) is 13.3.